The number of sulfonamides is 1. The van der Waals surface area contributed by atoms with Crippen molar-refractivity contribution < 1.29 is 23.1 Å². The number of aryl methyl sites for hydroxylation is 1. The summed E-state index contributed by atoms with van der Waals surface area (Å²) in [6, 6.07) is 6.25. The van der Waals surface area contributed by atoms with Crippen LogP contribution in [0.3, 0.4) is 0 Å². The predicted octanol–water partition coefficient (Wildman–Crippen LogP) is 0.604. The lowest BCUT2D eigenvalue weighted by molar-refractivity contribution is -0.146. The van der Waals surface area contributed by atoms with E-state index in [4.69, 9.17) is 0 Å². The Balaban J connectivity index is 1.93. The van der Waals surface area contributed by atoms with Gasteiger partial charge in [0.05, 0.1) is 4.90 Å². The van der Waals surface area contributed by atoms with E-state index in [2.05, 4.69) is 10.0 Å². The molecular weight excluding hydrogens is 352 g/mol. The largest absolute Gasteiger partial charge is 0.479 e. The van der Waals surface area contributed by atoms with Crippen molar-refractivity contribution in [2.24, 2.45) is 0 Å². The zero-order valence-corrected chi connectivity index (χ0v) is 14.9. The molecule has 0 aromatic heterocycles. The number of aliphatic carboxylic acids is 1. The Bertz CT molecular complexity index is 710. The lowest BCUT2D eigenvalue weighted by Crippen LogP contribution is -2.54. The minimum absolute atomic E-state index is 0.151. The smallest absolute Gasteiger partial charge is 0.330 e. The Morgan fingerprint density at radius 2 is 1.96 bits per heavy atom. The van der Waals surface area contributed by atoms with Crippen molar-refractivity contribution in [1.29, 1.82) is 0 Å². The maximum Gasteiger partial charge on any atom is 0.330 e. The average Bonchev–Trinajstić information content (AvgIpc) is 3.03. The summed E-state index contributed by atoms with van der Waals surface area (Å²) in [7, 11) is -2.14. The fourth-order valence-electron chi connectivity index (χ4n) is 2.43. The molecule has 7 nitrogen and oxygen atoms in total. The molecule has 1 aliphatic heterocycles. The van der Waals surface area contributed by atoms with Gasteiger partial charge in [-0.2, -0.15) is 11.8 Å². The molecule has 1 aliphatic rings. The van der Waals surface area contributed by atoms with Crippen LogP contribution >= 0.6 is 11.8 Å². The third-order valence-corrected chi connectivity index (χ3v) is 6.57. The van der Waals surface area contributed by atoms with Gasteiger partial charge in [0.2, 0.25) is 15.9 Å². The lowest BCUT2D eigenvalue weighted by atomic mass is 9.98. The van der Waals surface area contributed by atoms with Crippen LogP contribution in [0.15, 0.2) is 29.2 Å². The van der Waals surface area contributed by atoms with E-state index in [9.17, 15) is 23.1 Å². The number of nitrogens with one attached hydrogen (secondary N) is 2. The van der Waals surface area contributed by atoms with Crippen LogP contribution in [-0.2, 0) is 26.0 Å². The Kier molecular flexibility index (Phi) is 5.89. The summed E-state index contributed by atoms with van der Waals surface area (Å²) in [5, 5.41) is 12.0. The number of carboxylic acid groups (broad SMARTS) is 1. The number of thioether (sulfide) groups is 1. The van der Waals surface area contributed by atoms with Crippen molar-refractivity contribution in [2.45, 2.75) is 29.7 Å². The van der Waals surface area contributed by atoms with Crippen molar-refractivity contribution in [3.63, 3.8) is 0 Å². The molecular formula is C15H20N2O5S2. The molecule has 0 bridgehead atoms. The highest BCUT2D eigenvalue weighted by atomic mass is 32.2. The molecule has 1 fully saturated rings. The summed E-state index contributed by atoms with van der Waals surface area (Å²) in [6.07, 6.45) is 0.988. The molecule has 1 unspecified atom stereocenters. The monoisotopic (exact) mass is 372 g/mol. The van der Waals surface area contributed by atoms with Crippen molar-refractivity contribution >= 4 is 33.7 Å². The number of rotatable bonds is 7. The van der Waals surface area contributed by atoms with Gasteiger partial charge in [-0.25, -0.2) is 17.9 Å². The van der Waals surface area contributed by atoms with Crippen LogP contribution < -0.4 is 10.0 Å². The van der Waals surface area contributed by atoms with Crippen molar-refractivity contribution in [3.8, 4) is 0 Å². The Morgan fingerprint density at radius 3 is 2.46 bits per heavy atom. The molecule has 1 saturated heterocycles. The Hall–Kier alpha value is -1.58. The first-order valence-electron chi connectivity index (χ1n) is 7.44. The van der Waals surface area contributed by atoms with Gasteiger partial charge in [-0.15, -0.1) is 0 Å². The summed E-state index contributed by atoms with van der Waals surface area (Å²) >= 11 is 1.51. The zero-order chi connectivity index (χ0) is 17.8. The van der Waals surface area contributed by atoms with Crippen LogP contribution in [0.4, 0.5) is 0 Å². The van der Waals surface area contributed by atoms with Crippen molar-refractivity contribution in [3.05, 3.63) is 29.8 Å². The number of carbonyl (C=O) groups excluding carboxylic acids is 1. The summed E-state index contributed by atoms with van der Waals surface area (Å²) in [5.74, 6) is -0.215. The fourth-order valence-corrected chi connectivity index (χ4v) is 4.48. The van der Waals surface area contributed by atoms with Gasteiger partial charge in [0, 0.05) is 12.2 Å². The van der Waals surface area contributed by atoms with Gasteiger partial charge in [-0.1, -0.05) is 12.1 Å². The summed E-state index contributed by atoms with van der Waals surface area (Å²) in [5.41, 5.74) is -0.350. The van der Waals surface area contributed by atoms with Crippen molar-refractivity contribution in [2.75, 3.05) is 18.6 Å². The van der Waals surface area contributed by atoms with Gasteiger partial charge in [0.15, 0.2) is 0 Å². The van der Waals surface area contributed by atoms with Crippen LogP contribution in [0.25, 0.3) is 0 Å². The maximum absolute atomic E-state index is 12.1. The lowest BCUT2D eigenvalue weighted by Gasteiger charge is -2.24. The van der Waals surface area contributed by atoms with E-state index >= 15 is 0 Å². The van der Waals surface area contributed by atoms with Crippen LogP contribution in [0.2, 0.25) is 0 Å². The van der Waals surface area contributed by atoms with Crippen molar-refractivity contribution in [1.82, 2.24) is 10.0 Å². The number of hydrogen-bond acceptors (Lipinski definition) is 5. The van der Waals surface area contributed by atoms with E-state index in [1.165, 1.54) is 30.9 Å². The first-order valence-corrected chi connectivity index (χ1v) is 10.1. The SMILES string of the molecule is CNS(=O)(=O)c1ccc(CCC(=O)NC2(C(=O)O)CCSC2)cc1. The van der Waals surface area contributed by atoms with Crippen LogP contribution in [0, 0.1) is 0 Å². The molecule has 0 saturated carbocycles. The molecule has 9 heteroatoms. The molecule has 1 atom stereocenters. The van der Waals surface area contributed by atoms with Gasteiger partial charge in [-0.05, 0) is 43.3 Å². The summed E-state index contributed by atoms with van der Waals surface area (Å²) in [4.78, 5) is 23.6. The molecule has 0 radical (unpaired) electrons. The van der Waals surface area contributed by atoms with Gasteiger partial charge in [0.25, 0.3) is 0 Å². The molecule has 2 rings (SSSR count). The quantitative estimate of drug-likeness (QED) is 0.646. The normalized spacial score (nSPS) is 20.7. The van der Waals surface area contributed by atoms with Crippen LogP contribution in [0.5, 0.6) is 0 Å². The minimum Gasteiger partial charge on any atom is -0.479 e. The second-order valence-corrected chi connectivity index (χ2v) is 8.58. The molecule has 0 spiro atoms. The van der Waals surface area contributed by atoms with Gasteiger partial charge in [-0.3, -0.25) is 4.79 Å². The number of carbonyl (C=O) groups is 2. The number of carboxylic acids is 1. The molecule has 1 heterocycles. The Morgan fingerprint density at radius 1 is 1.29 bits per heavy atom. The molecule has 1 aromatic rings. The molecule has 1 aromatic carbocycles. The number of hydrogen-bond donors (Lipinski definition) is 3. The molecule has 132 valence electrons. The van der Waals surface area contributed by atoms with E-state index < -0.39 is 21.5 Å². The highest BCUT2D eigenvalue weighted by Crippen LogP contribution is 2.28. The predicted molar refractivity (Wildman–Crippen MR) is 91.5 cm³/mol. The highest BCUT2D eigenvalue weighted by molar-refractivity contribution is 7.99. The van der Waals surface area contributed by atoms with E-state index in [0.29, 0.717) is 24.3 Å². The van der Waals surface area contributed by atoms with E-state index in [-0.39, 0.29) is 17.2 Å². The van der Waals surface area contributed by atoms with Gasteiger partial charge < -0.3 is 10.4 Å². The second-order valence-electron chi connectivity index (χ2n) is 5.59. The third-order valence-electron chi connectivity index (χ3n) is 3.95. The molecule has 24 heavy (non-hydrogen) atoms. The Labute approximate surface area is 145 Å². The fraction of sp³-hybridized carbons (Fsp3) is 0.467. The van der Waals surface area contributed by atoms with Crippen LogP contribution in [0.1, 0.15) is 18.4 Å². The van der Waals surface area contributed by atoms with Gasteiger partial charge >= 0.3 is 5.97 Å². The number of amides is 1. The van der Waals surface area contributed by atoms with E-state index in [1.807, 2.05) is 0 Å². The van der Waals surface area contributed by atoms with Gasteiger partial charge in [0.1, 0.15) is 5.54 Å². The van der Waals surface area contributed by atoms with E-state index in [0.717, 1.165) is 5.56 Å². The summed E-state index contributed by atoms with van der Waals surface area (Å²) in [6.45, 7) is 0. The molecule has 1 amide bonds. The first-order chi connectivity index (χ1) is 11.3. The average molecular weight is 372 g/mol. The number of benzene rings is 1. The molecule has 0 aliphatic carbocycles. The zero-order valence-electron chi connectivity index (χ0n) is 13.2. The highest BCUT2D eigenvalue weighted by Gasteiger charge is 2.43. The minimum atomic E-state index is -3.48. The van der Waals surface area contributed by atoms with E-state index in [1.54, 1.807) is 12.1 Å². The maximum atomic E-state index is 12.1. The topological polar surface area (TPSA) is 113 Å². The second kappa shape index (κ2) is 7.54. The summed E-state index contributed by atoms with van der Waals surface area (Å²) < 4.78 is 25.5. The first kappa shape index (κ1) is 18.8. The standard InChI is InChI=1S/C15H20N2O5S2/c1-16-24(21,22)12-5-2-11(3-6-12)4-7-13(18)17-15(14(19)20)8-9-23-10-15/h2-3,5-6,16H,4,7-10H2,1H3,(H,17,18)(H,19,20). The molecule has 3 N–H and O–H groups in total. The third kappa shape index (κ3) is 4.28. The van der Waals surface area contributed by atoms with Crippen LogP contribution in [-0.4, -0.2) is 49.5 Å².